The van der Waals surface area contributed by atoms with Crippen LogP contribution in [0.5, 0.6) is 0 Å². The van der Waals surface area contributed by atoms with E-state index < -0.39 is 23.3 Å². The Morgan fingerprint density at radius 3 is 2.10 bits per heavy atom. The molecule has 0 fully saturated rings. The van der Waals surface area contributed by atoms with Crippen LogP contribution in [0.4, 0.5) is 0 Å². The zero-order valence-electron chi connectivity index (χ0n) is 13.3. The summed E-state index contributed by atoms with van der Waals surface area (Å²) in [6.07, 6.45) is 7.74. The molecule has 1 aliphatic rings. The van der Waals surface area contributed by atoms with Gasteiger partial charge in [-0.2, -0.15) is 0 Å². The minimum atomic E-state index is -0.915. The van der Waals surface area contributed by atoms with Crippen molar-refractivity contribution in [2.24, 2.45) is 11.8 Å². The van der Waals surface area contributed by atoms with Crippen molar-refractivity contribution in [1.82, 2.24) is 5.32 Å². The number of hydrogen-bond acceptors (Lipinski definition) is 2. The quantitative estimate of drug-likeness (QED) is 0.604. The molecule has 21 heavy (non-hydrogen) atoms. The monoisotopic (exact) mass is 291 g/mol. The van der Waals surface area contributed by atoms with Gasteiger partial charge in [-0.05, 0) is 39.5 Å². The third-order valence-electron chi connectivity index (χ3n) is 4.77. The maximum absolute atomic E-state index is 12.6. The molecule has 0 saturated heterocycles. The maximum Gasteiger partial charge on any atom is 0.307 e. The maximum atomic E-state index is 12.6. The van der Waals surface area contributed by atoms with Crippen LogP contribution in [0, 0.1) is 24.2 Å². The SMILES string of the molecule is C#CC(CC)(CC)NC(=O)[C@H]1CC(C)=C(C)C[C@@H]1C(=O)O. The minimum absolute atomic E-state index is 0.240. The first-order valence-electron chi connectivity index (χ1n) is 7.48. The summed E-state index contributed by atoms with van der Waals surface area (Å²) in [7, 11) is 0. The highest BCUT2D eigenvalue weighted by atomic mass is 16.4. The third kappa shape index (κ3) is 3.66. The van der Waals surface area contributed by atoms with Crippen LogP contribution >= 0.6 is 0 Å². The van der Waals surface area contributed by atoms with E-state index in [1.54, 1.807) is 0 Å². The van der Waals surface area contributed by atoms with Crippen molar-refractivity contribution in [1.29, 1.82) is 0 Å². The highest BCUT2D eigenvalue weighted by molar-refractivity contribution is 5.86. The zero-order chi connectivity index (χ0) is 16.2. The van der Waals surface area contributed by atoms with Gasteiger partial charge in [-0.1, -0.05) is 30.9 Å². The van der Waals surface area contributed by atoms with Crippen molar-refractivity contribution in [3.63, 3.8) is 0 Å². The van der Waals surface area contributed by atoms with E-state index in [0.29, 0.717) is 25.7 Å². The van der Waals surface area contributed by atoms with Gasteiger partial charge < -0.3 is 10.4 Å². The molecule has 0 aromatic carbocycles. The Balaban J connectivity index is 2.99. The molecule has 2 atom stereocenters. The lowest BCUT2D eigenvalue weighted by atomic mass is 9.75. The molecule has 0 unspecified atom stereocenters. The molecule has 0 aromatic heterocycles. The average Bonchev–Trinajstić information content (AvgIpc) is 2.46. The number of allylic oxidation sites excluding steroid dienone is 2. The summed E-state index contributed by atoms with van der Waals surface area (Å²) in [5, 5.41) is 12.3. The van der Waals surface area contributed by atoms with E-state index in [2.05, 4.69) is 11.2 Å². The normalized spacial score (nSPS) is 22.6. The molecule has 0 heterocycles. The van der Waals surface area contributed by atoms with Gasteiger partial charge in [0.05, 0.1) is 11.8 Å². The smallest absolute Gasteiger partial charge is 0.307 e. The van der Waals surface area contributed by atoms with Crippen LogP contribution < -0.4 is 5.32 Å². The van der Waals surface area contributed by atoms with Crippen molar-refractivity contribution >= 4 is 11.9 Å². The molecular formula is C17H25NO3. The molecule has 0 saturated carbocycles. The van der Waals surface area contributed by atoms with Crippen LogP contribution in [-0.4, -0.2) is 22.5 Å². The number of carboxylic acid groups (broad SMARTS) is 1. The van der Waals surface area contributed by atoms with Gasteiger partial charge >= 0.3 is 5.97 Å². The van der Waals surface area contributed by atoms with Crippen LogP contribution in [0.1, 0.15) is 53.4 Å². The number of carboxylic acids is 1. The van der Waals surface area contributed by atoms with Crippen molar-refractivity contribution in [3.8, 4) is 12.3 Å². The zero-order valence-corrected chi connectivity index (χ0v) is 13.3. The van der Waals surface area contributed by atoms with E-state index in [1.165, 1.54) is 0 Å². The number of amides is 1. The number of carbonyl (C=O) groups excluding carboxylic acids is 1. The molecule has 0 radical (unpaired) electrons. The van der Waals surface area contributed by atoms with Crippen molar-refractivity contribution in [2.75, 3.05) is 0 Å². The van der Waals surface area contributed by atoms with Crippen LogP contribution in [-0.2, 0) is 9.59 Å². The number of carbonyl (C=O) groups is 2. The number of hydrogen-bond donors (Lipinski definition) is 2. The summed E-state index contributed by atoms with van der Waals surface area (Å²) in [4.78, 5) is 24.0. The predicted molar refractivity (Wildman–Crippen MR) is 82.5 cm³/mol. The van der Waals surface area contributed by atoms with E-state index in [9.17, 15) is 14.7 Å². The lowest BCUT2D eigenvalue weighted by Gasteiger charge is -2.34. The number of rotatable bonds is 5. The summed E-state index contributed by atoms with van der Waals surface area (Å²) in [5.74, 6) is 0.289. The molecule has 2 N–H and O–H groups in total. The molecule has 4 nitrogen and oxygen atoms in total. The fourth-order valence-electron chi connectivity index (χ4n) is 2.82. The molecule has 116 valence electrons. The predicted octanol–water partition coefficient (Wildman–Crippen LogP) is 2.74. The van der Waals surface area contributed by atoms with Gasteiger partial charge in [0, 0.05) is 0 Å². The lowest BCUT2D eigenvalue weighted by Crippen LogP contribution is -2.51. The molecule has 0 spiro atoms. The number of aliphatic carboxylic acids is 1. The highest BCUT2D eigenvalue weighted by Gasteiger charge is 2.39. The van der Waals surface area contributed by atoms with E-state index in [1.807, 2.05) is 27.7 Å². The second kappa shape index (κ2) is 6.80. The first-order valence-corrected chi connectivity index (χ1v) is 7.48. The fourth-order valence-corrected chi connectivity index (χ4v) is 2.82. The third-order valence-corrected chi connectivity index (χ3v) is 4.77. The van der Waals surface area contributed by atoms with E-state index in [0.717, 1.165) is 11.1 Å². The van der Waals surface area contributed by atoms with Crippen LogP contribution in [0.25, 0.3) is 0 Å². The Hall–Kier alpha value is -1.76. The molecule has 0 aromatic rings. The van der Waals surface area contributed by atoms with Gasteiger partial charge in [0.25, 0.3) is 0 Å². The van der Waals surface area contributed by atoms with E-state index >= 15 is 0 Å². The van der Waals surface area contributed by atoms with Crippen LogP contribution in [0.15, 0.2) is 11.1 Å². The fraction of sp³-hybridized carbons (Fsp3) is 0.647. The van der Waals surface area contributed by atoms with Crippen molar-refractivity contribution in [2.45, 2.75) is 58.9 Å². The standard InChI is InChI=1S/C17H25NO3/c1-6-17(7-2,8-3)18-15(19)13-9-11(4)12(5)10-14(13)16(20)21/h1,13-14H,7-10H2,2-5H3,(H,18,19)(H,20,21)/t13-,14-/m0/s1. The summed E-state index contributed by atoms with van der Waals surface area (Å²) < 4.78 is 0. The number of terminal acetylenes is 1. The number of nitrogens with one attached hydrogen (secondary N) is 1. The molecule has 4 heteroatoms. The van der Waals surface area contributed by atoms with Gasteiger partial charge in [0.15, 0.2) is 0 Å². The summed E-state index contributed by atoms with van der Waals surface area (Å²) >= 11 is 0. The Morgan fingerprint density at radius 1 is 1.24 bits per heavy atom. The molecule has 1 amide bonds. The topological polar surface area (TPSA) is 66.4 Å². The van der Waals surface area contributed by atoms with E-state index in [4.69, 9.17) is 6.42 Å². The highest BCUT2D eigenvalue weighted by Crippen LogP contribution is 2.35. The second-order valence-electron chi connectivity index (χ2n) is 5.94. The first-order chi connectivity index (χ1) is 9.80. The molecule has 1 aliphatic carbocycles. The van der Waals surface area contributed by atoms with Crippen molar-refractivity contribution < 1.29 is 14.7 Å². The Bertz CT molecular complexity index is 495. The Kier molecular flexibility index (Phi) is 5.60. The van der Waals surface area contributed by atoms with Gasteiger partial charge in [0.1, 0.15) is 5.54 Å². The first kappa shape index (κ1) is 17.3. The summed E-state index contributed by atoms with van der Waals surface area (Å²) in [5.41, 5.74) is 1.50. The molecule has 0 bridgehead atoms. The van der Waals surface area contributed by atoms with Crippen LogP contribution in [0.2, 0.25) is 0 Å². The Morgan fingerprint density at radius 2 is 1.71 bits per heavy atom. The van der Waals surface area contributed by atoms with E-state index in [-0.39, 0.29) is 5.91 Å². The molecule has 0 aliphatic heterocycles. The second-order valence-corrected chi connectivity index (χ2v) is 5.94. The molecular weight excluding hydrogens is 266 g/mol. The van der Waals surface area contributed by atoms with Gasteiger partial charge in [-0.3, -0.25) is 9.59 Å². The van der Waals surface area contributed by atoms with Gasteiger partial charge in [-0.15, -0.1) is 6.42 Å². The minimum Gasteiger partial charge on any atom is -0.481 e. The largest absolute Gasteiger partial charge is 0.481 e. The van der Waals surface area contributed by atoms with Crippen molar-refractivity contribution in [3.05, 3.63) is 11.1 Å². The Labute approximate surface area is 127 Å². The summed E-state index contributed by atoms with van der Waals surface area (Å²) in [6, 6.07) is 0. The van der Waals surface area contributed by atoms with Crippen LogP contribution in [0.3, 0.4) is 0 Å². The molecule has 1 rings (SSSR count). The summed E-state index contributed by atoms with van der Waals surface area (Å²) in [6.45, 7) is 7.74. The lowest BCUT2D eigenvalue weighted by molar-refractivity contribution is -0.148. The van der Waals surface area contributed by atoms with Gasteiger partial charge in [0.2, 0.25) is 5.91 Å². The van der Waals surface area contributed by atoms with Gasteiger partial charge in [-0.25, -0.2) is 0 Å². The average molecular weight is 291 g/mol.